The number of nitrogens with zero attached hydrogens (tertiary/aromatic N) is 1. The van der Waals surface area contributed by atoms with Crippen LogP contribution in [0.3, 0.4) is 0 Å². The number of hydrogen-bond donors (Lipinski definition) is 2. The first-order valence-electron chi connectivity index (χ1n) is 9.92. The zero-order valence-corrected chi connectivity index (χ0v) is 18.3. The number of rotatable bonds is 7. The van der Waals surface area contributed by atoms with Crippen LogP contribution in [0.5, 0.6) is 0 Å². The average molecular weight is 386 g/mol. The van der Waals surface area contributed by atoms with Gasteiger partial charge in [0.15, 0.2) is 0 Å². The Bertz CT molecular complexity index is 778. The summed E-state index contributed by atoms with van der Waals surface area (Å²) in [4.78, 5) is 12.4. The summed E-state index contributed by atoms with van der Waals surface area (Å²) in [5.74, 6) is -0.282. The first-order valence-corrected chi connectivity index (χ1v) is 9.92. The van der Waals surface area contributed by atoms with E-state index in [0.29, 0.717) is 12.3 Å². The molecule has 1 aromatic heterocycles. The number of nitrogens with one attached hydrogen (secondary N) is 2. The molecule has 0 atom stereocenters. The van der Waals surface area contributed by atoms with Crippen molar-refractivity contribution in [2.45, 2.75) is 59.0 Å². The molecule has 0 saturated heterocycles. The van der Waals surface area contributed by atoms with E-state index in [-0.39, 0.29) is 17.0 Å². The molecule has 28 heavy (non-hydrogen) atoms. The molecular formula is C23H35N3O2. The minimum atomic E-state index is -0.282. The van der Waals surface area contributed by atoms with E-state index >= 15 is 0 Å². The molecule has 154 valence electrons. The van der Waals surface area contributed by atoms with Gasteiger partial charge >= 0.3 is 5.97 Å². The zero-order chi connectivity index (χ0) is 20.9. The van der Waals surface area contributed by atoms with E-state index in [9.17, 15) is 4.79 Å². The first-order chi connectivity index (χ1) is 12.9. The standard InChI is InChI=1S/C23H35N3O2/c1-22(2,3)24-13-8-14-28-21(27)20-15-18(16-26(20)7)17-9-11-19(12-10-17)25-23(4,5)6/h9-12,15-16,24-25H,8,13-14H2,1-7H3. The van der Waals surface area contributed by atoms with Crippen LogP contribution in [0.25, 0.3) is 11.1 Å². The van der Waals surface area contributed by atoms with Crippen molar-refractivity contribution in [3.05, 3.63) is 42.2 Å². The minimum Gasteiger partial charge on any atom is -0.461 e. The molecule has 0 spiro atoms. The van der Waals surface area contributed by atoms with Gasteiger partial charge in [-0.25, -0.2) is 4.79 Å². The average Bonchev–Trinajstić information content (AvgIpc) is 2.94. The smallest absolute Gasteiger partial charge is 0.354 e. The van der Waals surface area contributed by atoms with Gasteiger partial charge in [0.05, 0.1) is 6.61 Å². The lowest BCUT2D eigenvalue weighted by molar-refractivity contribution is 0.0488. The highest BCUT2D eigenvalue weighted by Crippen LogP contribution is 2.25. The van der Waals surface area contributed by atoms with Gasteiger partial charge in [-0.05, 0) is 78.3 Å². The Hall–Kier alpha value is -2.27. The molecule has 0 fully saturated rings. The van der Waals surface area contributed by atoms with Crippen molar-refractivity contribution < 1.29 is 9.53 Å². The fourth-order valence-corrected chi connectivity index (χ4v) is 2.88. The van der Waals surface area contributed by atoms with Crippen LogP contribution in [0.4, 0.5) is 5.69 Å². The van der Waals surface area contributed by atoms with Crippen LogP contribution >= 0.6 is 0 Å². The molecule has 5 nitrogen and oxygen atoms in total. The summed E-state index contributed by atoms with van der Waals surface area (Å²) in [6.45, 7) is 14.0. The molecule has 1 aromatic carbocycles. The molecule has 0 unspecified atom stereocenters. The number of aromatic nitrogens is 1. The van der Waals surface area contributed by atoms with E-state index in [4.69, 9.17) is 4.74 Å². The van der Waals surface area contributed by atoms with Gasteiger partial charge in [-0.3, -0.25) is 0 Å². The van der Waals surface area contributed by atoms with Crippen LogP contribution in [0.15, 0.2) is 36.5 Å². The Kier molecular flexibility index (Phi) is 6.94. The SMILES string of the molecule is Cn1cc(-c2ccc(NC(C)(C)C)cc2)cc1C(=O)OCCCNC(C)(C)C. The van der Waals surface area contributed by atoms with Crippen LogP contribution in [0.2, 0.25) is 0 Å². The highest BCUT2D eigenvalue weighted by atomic mass is 16.5. The number of carbonyl (C=O) groups is 1. The second kappa shape index (κ2) is 8.82. The van der Waals surface area contributed by atoms with Gasteiger partial charge in [-0.15, -0.1) is 0 Å². The van der Waals surface area contributed by atoms with Gasteiger partial charge in [0.2, 0.25) is 0 Å². The van der Waals surface area contributed by atoms with Crippen LogP contribution in [0.1, 0.15) is 58.5 Å². The quantitative estimate of drug-likeness (QED) is 0.529. The van der Waals surface area contributed by atoms with Gasteiger partial charge in [-0.1, -0.05) is 12.1 Å². The second-order valence-corrected chi connectivity index (χ2v) is 9.34. The molecule has 0 bridgehead atoms. The summed E-state index contributed by atoms with van der Waals surface area (Å²) < 4.78 is 7.26. The Morgan fingerprint density at radius 3 is 2.21 bits per heavy atom. The molecule has 0 aliphatic rings. The molecule has 0 radical (unpaired) electrons. The van der Waals surface area contributed by atoms with E-state index in [0.717, 1.165) is 29.8 Å². The van der Waals surface area contributed by atoms with Crippen LogP contribution in [-0.4, -0.2) is 34.8 Å². The number of hydrogen-bond acceptors (Lipinski definition) is 4. The normalized spacial score (nSPS) is 12.1. The summed E-state index contributed by atoms with van der Waals surface area (Å²) in [6, 6.07) is 10.1. The highest BCUT2D eigenvalue weighted by molar-refractivity contribution is 5.90. The Labute approximate surface area is 169 Å². The van der Waals surface area contributed by atoms with Crippen molar-refractivity contribution in [3.8, 4) is 11.1 Å². The molecule has 0 saturated carbocycles. The predicted octanol–water partition coefficient (Wildman–Crippen LogP) is 4.84. The molecule has 2 rings (SSSR count). The largest absolute Gasteiger partial charge is 0.461 e. The van der Waals surface area contributed by atoms with Gasteiger partial charge in [0, 0.05) is 35.6 Å². The van der Waals surface area contributed by atoms with E-state index < -0.39 is 0 Å². The molecule has 2 N–H and O–H groups in total. The Morgan fingerprint density at radius 2 is 1.64 bits per heavy atom. The molecular weight excluding hydrogens is 350 g/mol. The van der Waals surface area contributed by atoms with E-state index in [1.54, 1.807) is 0 Å². The second-order valence-electron chi connectivity index (χ2n) is 9.34. The lowest BCUT2D eigenvalue weighted by Crippen LogP contribution is -2.36. The highest BCUT2D eigenvalue weighted by Gasteiger charge is 2.15. The third kappa shape index (κ3) is 7.04. The maximum Gasteiger partial charge on any atom is 0.354 e. The monoisotopic (exact) mass is 385 g/mol. The fourth-order valence-electron chi connectivity index (χ4n) is 2.88. The third-order valence-corrected chi connectivity index (χ3v) is 4.16. The number of carbonyl (C=O) groups excluding carboxylic acids is 1. The maximum absolute atomic E-state index is 12.4. The van der Waals surface area contributed by atoms with Gasteiger partial charge in [-0.2, -0.15) is 0 Å². The minimum absolute atomic E-state index is 0.0214. The van der Waals surface area contributed by atoms with Crippen LogP contribution in [0, 0.1) is 0 Å². The molecule has 0 aliphatic carbocycles. The van der Waals surface area contributed by atoms with Crippen molar-refractivity contribution in [2.24, 2.45) is 7.05 Å². The summed E-state index contributed by atoms with van der Waals surface area (Å²) >= 11 is 0. The fraction of sp³-hybridized carbons (Fsp3) is 0.522. The number of esters is 1. The number of ether oxygens (including phenoxy) is 1. The molecule has 0 amide bonds. The Morgan fingerprint density at radius 1 is 1.00 bits per heavy atom. The first kappa shape index (κ1) is 22.0. The summed E-state index contributed by atoms with van der Waals surface area (Å²) in [5.41, 5.74) is 3.82. The predicted molar refractivity (Wildman–Crippen MR) is 117 cm³/mol. The lowest BCUT2D eigenvalue weighted by atomic mass is 10.1. The number of aryl methyl sites for hydroxylation is 1. The molecule has 1 heterocycles. The lowest BCUT2D eigenvalue weighted by Gasteiger charge is -2.22. The number of anilines is 1. The molecule has 5 heteroatoms. The Balaban J connectivity index is 1.95. The van der Waals surface area contributed by atoms with Gasteiger partial charge in [0.25, 0.3) is 0 Å². The van der Waals surface area contributed by atoms with Gasteiger partial charge < -0.3 is 19.9 Å². The van der Waals surface area contributed by atoms with Gasteiger partial charge in [0.1, 0.15) is 5.69 Å². The molecule has 0 aliphatic heterocycles. The summed E-state index contributed by atoms with van der Waals surface area (Å²) in [7, 11) is 1.87. The summed E-state index contributed by atoms with van der Waals surface area (Å²) in [5, 5.41) is 6.84. The van der Waals surface area contributed by atoms with Crippen molar-refractivity contribution >= 4 is 11.7 Å². The third-order valence-electron chi connectivity index (χ3n) is 4.16. The number of benzene rings is 1. The topological polar surface area (TPSA) is 55.3 Å². The van der Waals surface area contributed by atoms with E-state index in [1.807, 2.05) is 23.9 Å². The zero-order valence-electron chi connectivity index (χ0n) is 18.3. The van der Waals surface area contributed by atoms with Crippen molar-refractivity contribution in [2.75, 3.05) is 18.5 Å². The molecule has 2 aromatic rings. The summed E-state index contributed by atoms with van der Waals surface area (Å²) in [6.07, 6.45) is 2.76. The van der Waals surface area contributed by atoms with E-state index in [2.05, 4.69) is 76.4 Å². The van der Waals surface area contributed by atoms with Crippen LogP contribution in [-0.2, 0) is 11.8 Å². The van der Waals surface area contributed by atoms with Crippen molar-refractivity contribution in [1.82, 2.24) is 9.88 Å². The van der Waals surface area contributed by atoms with Crippen LogP contribution < -0.4 is 10.6 Å². The van der Waals surface area contributed by atoms with Crippen molar-refractivity contribution in [1.29, 1.82) is 0 Å². The van der Waals surface area contributed by atoms with E-state index in [1.165, 1.54) is 0 Å². The van der Waals surface area contributed by atoms with Crippen molar-refractivity contribution in [3.63, 3.8) is 0 Å². The maximum atomic E-state index is 12.4.